The van der Waals surface area contributed by atoms with E-state index >= 15 is 0 Å². The average molecular weight is 514 g/mol. The van der Waals surface area contributed by atoms with Crippen LogP contribution in [0.1, 0.15) is 31.5 Å². The largest absolute Gasteiger partial charge is 0.542 e. The van der Waals surface area contributed by atoms with Crippen LogP contribution < -0.4 is 15.2 Å². The fourth-order valence-corrected chi connectivity index (χ4v) is 4.17. The van der Waals surface area contributed by atoms with Crippen molar-refractivity contribution in [3.05, 3.63) is 53.3 Å². The van der Waals surface area contributed by atoms with E-state index in [4.69, 9.17) is 26.2 Å². The summed E-state index contributed by atoms with van der Waals surface area (Å²) in [6.07, 6.45) is -0.193. The van der Waals surface area contributed by atoms with Gasteiger partial charge in [-0.15, -0.1) is 0 Å². The molecule has 0 spiro atoms. The van der Waals surface area contributed by atoms with Gasteiger partial charge in [-0.3, -0.25) is 0 Å². The zero-order valence-electron chi connectivity index (χ0n) is 18.9. The summed E-state index contributed by atoms with van der Waals surface area (Å²) in [5.41, 5.74) is 1.60. The molecule has 0 amide bonds. The SMILES string of the molecule is O=C([O-])C(F)(F)F.Oc1cccc2c1nc(COc1ccc(Cl)cc1)n2CCCC1CCC[NH2+]C1. The Kier molecular flexibility index (Phi) is 9.22. The van der Waals surface area contributed by atoms with Gasteiger partial charge in [-0.2, -0.15) is 13.2 Å². The second-order valence-electron chi connectivity index (χ2n) is 8.32. The number of alkyl halides is 3. The number of halogens is 4. The van der Waals surface area contributed by atoms with Crippen molar-refractivity contribution in [3.8, 4) is 11.5 Å². The summed E-state index contributed by atoms with van der Waals surface area (Å²) in [4.78, 5) is 13.5. The van der Waals surface area contributed by atoms with Crippen molar-refractivity contribution in [3.63, 3.8) is 0 Å². The summed E-state index contributed by atoms with van der Waals surface area (Å²) in [6, 6.07) is 12.9. The molecule has 3 N–H and O–H groups in total. The van der Waals surface area contributed by atoms with E-state index in [0.717, 1.165) is 36.0 Å². The number of hydrogen-bond acceptors (Lipinski definition) is 5. The Morgan fingerprint density at radius 2 is 1.97 bits per heavy atom. The number of aromatic hydroxyl groups is 1. The molecule has 190 valence electrons. The smallest absolute Gasteiger partial charge is 0.430 e. The van der Waals surface area contributed by atoms with Crippen molar-refractivity contribution in [2.24, 2.45) is 5.92 Å². The molecular formula is C24H27ClF3N3O4. The Morgan fingerprint density at radius 3 is 2.60 bits per heavy atom. The van der Waals surface area contributed by atoms with Crippen molar-refractivity contribution in [2.75, 3.05) is 13.1 Å². The van der Waals surface area contributed by atoms with Gasteiger partial charge in [0.1, 0.15) is 35.4 Å². The average Bonchev–Trinajstić information content (AvgIpc) is 3.18. The third-order valence-corrected chi connectivity index (χ3v) is 6.02. The van der Waals surface area contributed by atoms with E-state index in [0.29, 0.717) is 17.1 Å². The van der Waals surface area contributed by atoms with E-state index in [1.165, 1.54) is 32.4 Å². The van der Waals surface area contributed by atoms with Crippen molar-refractivity contribution in [2.45, 2.75) is 45.0 Å². The molecule has 11 heteroatoms. The van der Waals surface area contributed by atoms with Crippen molar-refractivity contribution < 1.29 is 38.2 Å². The molecule has 1 saturated heterocycles. The van der Waals surface area contributed by atoms with Crippen LogP contribution >= 0.6 is 11.6 Å². The molecule has 0 saturated carbocycles. The monoisotopic (exact) mass is 513 g/mol. The molecule has 0 radical (unpaired) electrons. The minimum atomic E-state index is -5.19. The number of phenols is 1. The summed E-state index contributed by atoms with van der Waals surface area (Å²) in [5.74, 6) is -0.393. The maximum atomic E-state index is 10.5. The molecule has 1 aliphatic rings. The first-order chi connectivity index (χ1) is 16.6. The first-order valence-electron chi connectivity index (χ1n) is 11.3. The van der Waals surface area contributed by atoms with Crippen LogP contribution in [-0.4, -0.2) is 39.9 Å². The van der Waals surface area contributed by atoms with Gasteiger partial charge in [0.25, 0.3) is 0 Å². The molecule has 7 nitrogen and oxygen atoms in total. The minimum absolute atomic E-state index is 0.214. The molecule has 2 heterocycles. The molecule has 1 aromatic heterocycles. The van der Waals surface area contributed by atoms with E-state index < -0.39 is 12.1 Å². The van der Waals surface area contributed by atoms with Gasteiger partial charge in [-0.1, -0.05) is 17.7 Å². The lowest BCUT2D eigenvalue weighted by molar-refractivity contribution is -0.669. The number of aryl methyl sites for hydroxylation is 1. The van der Waals surface area contributed by atoms with Crippen LogP contribution in [0.4, 0.5) is 13.2 Å². The minimum Gasteiger partial charge on any atom is -0.542 e. The van der Waals surface area contributed by atoms with Gasteiger partial charge in [-0.25, -0.2) is 4.98 Å². The Morgan fingerprint density at radius 1 is 1.26 bits per heavy atom. The fraction of sp³-hybridized carbons (Fsp3) is 0.417. The number of carbonyl (C=O) groups is 1. The number of carboxylic acid groups (broad SMARTS) is 1. The van der Waals surface area contributed by atoms with Gasteiger partial charge in [0, 0.05) is 17.5 Å². The number of nitrogens with two attached hydrogens (primary N) is 1. The molecular weight excluding hydrogens is 487 g/mol. The van der Waals surface area contributed by atoms with E-state index in [2.05, 4.69) is 14.9 Å². The third kappa shape index (κ3) is 7.76. The number of quaternary nitrogens is 1. The standard InChI is InChI=1S/C22H26ClN3O2.C2HF3O2/c23-17-8-10-18(11-9-17)28-15-21-25-22-19(6-1-7-20(22)27)26(21)13-3-5-16-4-2-12-24-14-16;3-2(4,5)1(6)7/h1,6-11,16,24,27H,2-5,12-15H2;(H,6,7). The number of aromatic nitrogens is 2. The number of benzene rings is 2. The Hall–Kier alpha value is -2.98. The van der Waals surface area contributed by atoms with E-state index in [1.807, 2.05) is 36.4 Å². The molecule has 1 fully saturated rings. The van der Waals surface area contributed by atoms with Crippen LogP contribution in [0.2, 0.25) is 5.02 Å². The highest BCUT2D eigenvalue weighted by molar-refractivity contribution is 6.30. The fourth-order valence-electron chi connectivity index (χ4n) is 4.04. The molecule has 2 aromatic carbocycles. The number of ether oxygens (including phenoxy) is 1. The molecule has 1 unspecified atom stereocenters. The summed E-state index contributed by atoms with van der Waals surface area (Å²) in [6.45, 7) is 3.76. The van der Waals surface area contributed by atoms with E-state index in [1.54, 1.807) is 6.07 Å². The zero-order chi connectivity index (χ0) is 25.4. The number of para-hydroxylation sites is 1. The van der Waals surface area contributed by atoms with Crippen LogP contribution in [0.5, 0.6) is 11.5 Å². The molecule has 35 heavy (non-hydrogen) atoms. The highest BCUT2D eigenvalue weighted by atomic mass is 35.5. The third-order valence-electron chi connectivity index (χ3n) is 5.76. The molecule has 3 aromatic rings. The molecule has 0 bridgehead atoms. The number of imidazole rings is 1. The molecule has 4 rings (SSSR count). The number of fused-ring (bicyclic) bond motifs is 1. The second-order valence-corrected chi connectivity index (χ2v) is 8.75. The first-order valence-corrected chi connectivity index (χ1v) is 11.7. The topological polar surface area (TPSA) is 104 Å². The van der Waals surface area contributed by atoms with Gasteiger partial charge in [0.05, 0.1) is 18.6 Å². The quantitative estimate of drug-likeness (QED) is 0.505. The lowest BCUT2D eigenvalue weighted by Gasteiger charge is -2.20. The van der Waals surface area contributed by atoms with Gasteiger partial charge in [-0.05, 0) is 62.1 Å². The number of piperidine rings is 1. The Bertz CT molecular complexity index is 1110. The van der Waals surface area contributed by atoms with Crippen LogP contribution in [0, 0.1) is 5.92 Å². The highest BCUT2D eigenvalue weighted by Gasteiger charge is 2.28. The van der Waals surface area contributed by atoms with Gasteiger partial charge in [0.2, 0.25) is 0 Å². The summed E-state index contributed by atoms with van der Waals surface area (Å²) in [7, 11) is 0. The zero-order valence-corrected chi connectivity index (χ0v) is 19.7. The Balaban J connectivity index is 0.000000429. The second kappa shape index (κ2) is 12.1. The number of rotatable bonds is 7. The number of carbonyl (C=O) groups excluding carboxylic acids is 1. The summed E-state index contributed by atoms with van der Waals surface area (Å²) < 4.78 is 39.7. The summed E-state index contributed by atoms with van der Waals surface area (Å²) >= 11 is 5.94. The van der Waals surface area contributed by atoms with Crippen LogP contribution in [0.25, 0.3) is 11.0 Å². The molecule has 0 aliphatic carbocycles. The van der Waals surface area contributed by atoms with Gasteiger partial charge in [0.15, 0.2) is 0 Å². The van der Waals surface area contributed by atoms with Crippen molar-refractivity contribution in [1.82, 2.24) is 9.55 Å². The number of aliphatic carboxylic acids is 1. The van der Waals surface area contributed by atoms with Crippen LogP contribution in [-0.2, 0) is 17.9 Å². The predicted octanol–water partition coefficient (Wildman–Crippen LogP) is 3.03. The van der Waals surface area contributed by atoms with Gasteiger partial charge < -0.3 is 29.6 Å². The highest BCUT2D eigenvalue weighted by Crippen LogP contribution is 2.27. The first kappa shape index (κ1) is 26.6. The number of nitrogens with zero attached hydrogens (tertiary/aromatic N) is 2. The molecule has 1 aliphatic heterocycles. The lowest BCUT2D eigenvalue weighted by Crippen LogP contribution is -2.87. The van der Waals surface area contributed by atoms with E-state index in [-0.39, 0.29) is 5.75 Å². The normalized spacial score (nSPS) is 15.9. The number of hydrogen-bond donors (Lipinski definition) is 2. The molecule has 1 atom stereocenters. The summed E-state index contributed by atoms with van der Waals surface area (Å²) in [5, 5.41) is 22.1. The number of phenolic OH excluding ortho intramolecular Hbond substituents is 1. The van der Waals surface area contributed by atoms with Crippen molar-refractivity contribution in [1.29, 1.82) is 0 Å². The van der Waals surface area contributed by atoms with Crippen molar-refractivity contribution >= 4 is 28.6 Å². The number of carboxylic acids is 1. The predicted molar refractivity (Wildman–Crippen MR) is 122 cm³/mol. The maximum Gasteiger partial charge on any atom is 0.430 e. The van der Waals surface area contributed by atoms with E-state index in [9.17, 15) is 18.3 Å². The Labute approximate surface area is 205 Å². The van der Waals surface area contributed by atoms with Crippen LogP contribution in [0.3, 0.4) is 0 Å². The maximum absolute atomic E-state index is 10.5. The lowest BCUT2D eigenvalue weighted by atomic mass is 9.95. The van der Waals surface area contributed by atoms with Crippen LogP contribution in [0.15, 0.2) is 42.5 Å². The van der Waals surface area contributed by atoms with Gasteiger partial charge >= 0.3 is 6.18 Å².